The Morgan fingerprint density at radius 1 is 1.00 bits per heavy atom. The van der Waals surface area contributed by atoms with Crippen molar-refractivity contribution in [2.45, 2.75) is 20.5 Å². The molecule has 0 aliphatic rings. The van der Waals surface area contributed by atoms with Gasteiger partial charge in [0.2, 0.25) is 0 Å². The van der Waals surface area contributed by atoms with E-state index in [1.165, 1.54) is 12.1 Å². The van der Waals surface area contributed by atoms with Crippen LogP contribution in [0.15, 0.2) is 77.3 Å². The van der Waals surface area contributed by atoms with Gasteiger partial charge >= 0.3 is 5.97 Å². The average molecular weight is 494 g/mol. The van der Waals surface area contributed by atoms with Crippen molar-refractivity contribution in [2.24, 2.45) is 0 Å². The van der Waals surface area contributed by atoms with Gasteiger partial charge in [-0.15, -0.1) is 0 Å². The van der Waals surface area contributed by atoms with E-state index in [1.807, 2.05) is 54.0 Å². The fourth-order valence-electron chi connectivity index (χ4n) is 3.64. The van der Waals surface area contributed by atoms with Crippen molar-refractivity contribution in [1.29, 1.82) is 0 Å². The van der Waals surface area contributed by atoms with Gasteiger partial charge in [-0.25, -0.2) is 9.18 Å². The number of benzene rings is 3. The van der Waals surface area contributed by atoms with Gasteiger partial charge in [0.25, 0.3) is 0 Å². The molecule has 32 heavy (non-hydrogen) atoms. The number of halogens is 2. The lowest BCUT2D eigenvalue weighted by atomic mass is 10.1. The molecule has 6 heteroatoms. The average Bonchev–Trinajstić information content (AvgIpc) is 3.15. The van der Waals surface area contributed by atoms with Crippen LogP contribution in [0.1, 0.15) is 27.2 Å². The normalized spacial score (nSPS) is 10.9. The molecule has 0 aliphatic heterocycles. The summed E-state index contributed by atoms with van der Waals surface area (Å²) in [5.41, 5.74) is 5.28. The van der Waals surface area contributed by atoms with Crippen molar-refractivity contribution in [2.75, 3.05) is 0 Å². The van der Waals surface area contributed by atoms with Gasteiger partial charge < -0.3 is 14.4 Å². The number of carboxylic acid groups (broad SMARTS) is 1. The van der Waals surface area contributed by atoms with Gasteiger partial charge in [-0.05, 0) is 79.6 Å². The second-order valence-corrected chi connectivity index (χ2v) is 8.47. The third kappa shape index (κ3) is 4.46. The first-order chi connectivity index (χ1) is 15.3. The standard InChI is InChI=1S/C26H21BrFNO3/c1-16-3-10-21(14-22(16)26(30)31)29-17(2)4-11-24(29)23-13-19(27)7-12-25(23)32-15-18-5-8-20(28)9-6-18/h3-14H,15H2,1-2H3,(H,30,31). The molecular formula is C26H21BrFNO3. The molecule has 1 heterocycles. The number of aromatic nitrogens is 1. The van der Waals surface area contributed by atoms with E-state index >= 15 is 0 Å². The number of aryl methyl sites for hydroxylation is 2. The largest absolute Gasteiger partial charge is 0.488 e. The van der Waals surface area contributed by atoms with Crippen molar-refractivity contribution in [3.05, 3.63) is 105 Å². The molecule has 0 saturated heterocycles. The van der Waals surface area contributed by atoms with Gasteiger partial charge in [0.1, 0.15) is 18.2 Å². The maximum absolute atomic E-state index is 13.2. The van der Waals surface area contributed by atoms with Gasteiger partial charge in [-0.2, -0.15) is 0 Å². The van der Waals surface area contributed by atoms with Crippen LogP contribution < -0.4 is 4.74 Å². The second-order valence-electron chi connectivity index (χ2n) is 7.56. The molecule has 0 radical (unpaired) electrons. The van der Waals surface area contributed by atoms with Crippen LogP contribution >= 0.6 is 15.9 Å². The third-order valence-corrected chi connectivity index (χ3v) is 5.80. The Morgan fingerprint density at radius 3 is 2.47 bits per heavy atom. The van der Waals surface area contributed by atoms with E-state index in [-0.39, 0.29) is 11.4 Å². The van der Waals surface area contributed by atoms with E-state index in [4.69, 9.17) is 4.74 Å². The van der Waals surface area contributed by atoms with Crippen molar-refractivity contribution >= 4 is 21.9 Å². The molecule has 4 aromatic rings. The van der Waals surface area contributed by atoms with Crippen molar-refractivity contribution in [3.63, 3.8) is 0 Å². The summed E-state index contributed by atoms with van der Waals surface area (Å²) in [5.74, 6) is -0.575. The number of hydrogen-bond donors (Lipinski definition) is 1. The number of ether oxygens (including phenoxy) is 1. The predicted molar refractivity (Wildman–Crippen MR) is 126 cm³/mol. The summed E-state index contributed by atoms with van der Waals surface area (Å²) in [7, 11) is 0. The van der Waals surface area contributed by atoms with Gasteiger partial charge in [0.05, 0.1) is 11.3 Å². The molecule has 1 aromatic heterocycles. The highest BCUT2D eigenvalue weighted by Gasteiger charge is 2.17. The van der Waals surface area contributed by atoms with Crippen LogP contribution in [0.5, 0.6) is 5.75 Å². The van der Waals surface area contributed by atoms with Crippen LogP contribution in [-0.4, -0.2) is 15.6 Å². The Morgan fingerprint density at radius 2 is 1.75 bits per heavy atom. The van der Waals surface area contributed by atoms with E-state index in [1.54, 1.807) is 25.1 Å². The monoisotopic (exact) mass is 493 g/mol. The van der Waals surface area contributed by atoms with Crippen LogP contribution in [-0.2, 0) is 6.61 Å². The molecule has 162 valence electrons. The summed E-state index contributed by atoms with van der Waals surface area (Å²) in [4.78, 5) is 11.7. The smallest absolute Gasteiger partial charge is 0.336 e. The summed E-state index contributed by atoms with van der Waals surface area (Å²) in [6.45, 7) is 4.05. The van der Waals surface area contributed by atoms with Crippen LogP contribution in [0.3, 0.4) is 0 Å². The highest BCUT2D eigenvalue weighted by Crippen LogP contribution is 2.36. The quantitative estimate of drug-likeness (QED) is 0.316. The first-order valence-corrected chi connectivity index (χ1v) is 10.8. The predicted octanol–water partition coefficient (Wildman–Crippen LogP) is 6.94. The van der Waals surface area contributed by atoms with Gasteiger partial charge in [0.15, 0.2) is 0 Å². The van der Waals surface area contributed by atoms with E-state index in [0.29, 0.717) is 17.9 Å². The van der Waals surface area contributed by atoms with Crippen LogP contribution in [0.4, 0.5) is 4.39 Å². The van der Waals surface area contributed by atoms with Gasteiger partial charge in [0, 0.05) is 21.4 Å². The lowest BCUT2D eigenvalue weighted by Crippen LogP contribution is -2.05. The molecule has 0 atom stereocenters. The summed E-state index contributed by atoms with van der Waals surface area (Å²) in [5, 5.41) is 9.56. The zero-order valence-electron chi connectivity index (χ0n) is 17.6. The zero-order chi connectivity index (χ0) is 22.8. The number of carbonyl (C=O) groups is 1. The first kappa shape index (κ1) is 21.8. The Balaban J connectivity index is 1.77. The zero-order valence-corrected chi connectivity index (χ0v) is 19.2. The molecule has 0 aliphatic carbocycles. The van der Waals surface area contributed by atoms with Crippen molar-refractivity contribution < 1.29 is 19.0 Å². The number of aromatic carboxylic acids is 1. The highest BCUT2D eigenvalue weighted by atomic mass is 79.9. The van der Waals surface area contributed by atoms with Crippen LogP contribution in [0, 0.1) is 19.7 Å². The van der Waals surface area contributed by atoms with Crippen molar-refractivity contribution in [1.82, 2.24) is 4.57 Å². The lowest BCUT2D eigenvalue weighted by molar-refractivity contribution is 0.0696. The van der Waals surface area contributed by atoms with E-state index in [2.05, 4.69) is 15.9 Å². The SMILES string of the molecule is Cc1ccc(-n2c(C)ccc2-c2cc(Br)ccc2OCc2ccc(F)cc2)cc1C(=O)O. The first-order valence-electron chi connectivity index (χ1n) is 10.0. The maximum Gasteiger partial charge on any atom is 0.336 e. The number of rotatable bonds is 6. The molecule has 4 rings (SSSR count). The summed E-state index contributed by atoms with van der Waals surface area (Å²) < 4.78 is 22.2. The van der Waals surface area contributed by atoms with Crippen LogP contribution in [0.2, 0.25) is 0 Å². The molecule has 0 spiro atoms. The molecule has 0 saturated carbocycles. The summed E-state index contributed by atoms with van der Waals surface area (Å²) in [6, 6.07) is 21.3. The highest BCUT2D eigenvalue weighted by molar-refractivity contribution is 9.10. The van der Waals surface area contributed by atoms with E-state index in [0.717, 1.165) is 32.7 Å². The van der Waals surface area contributed by atoms with E-state index in [9.17, 15) is 14.3 Å². The Hall–Kier alpha value is -3.38. The fraction of sp³-hybridized carbons (Fsp3) is 0.115. The molecule has 0 amide bonds. The molecule has 0 bridgehead atoms. The topological polar surface area (TPSA) is 51.5 Å². The number of carboxylic acids is 1. The third-order valence-electron chi connectivity index (χ3n) is 5.31. The van der Waals surface area contributed by atoms with Gasteiger partial charge in [-0.3, -0.25) is 0 Å². The molecule has 4 nitrogen and oxygen atoms in total. The molecule has 0 fully saturated rings. The minimum absolute atomic E-state index is 0.267. The second kappa shape index (κ2) is 9.01. The van der Waals surface area contributed by atoms with E-state index < -0.39 is 5.97 Å². The maximum atomic E-state index is 13.2. The molecule has 1 N–H and O–H groups in total. The fourth-order valence-corrected chi connectivity index (χ4v) is 4.00. The van der Waals surface area contributed by atoms with Crippen molar-refractivity contribution in [3.8, 4) is 22.7 Å². The Labute approximate surface area is 194 Å². The Kier molecular flexibility index (Phi) is 6.15. The number of nitrogens with zero attached hydrogens (tertiary/aromatic N) is 1. The summed E-state index contributed by atoms with van der Waals surface area (Å²) in [6.07, 6.45) is 0. The minimum Gasteiger partial charge on any atom is -0.488 e. The Bertz CT molecular complexity index is 1300. The molecular weight excluding hydrogens is 473 g/mol. The molecule has 3 aromatic carbocycles. The van der Waals surface area contributed by atoms with Crippen LogP contribution in [0.25, 0.3) is 16.9 Å². The summed E-state index contributed by atoms with van der Waals surface area (Å²) >= 11 is 3.54. The minimum atomic E-state index is -0.957. The lowest BCUT2D eigenvalue weighted by Gasteiger charge is -2.17. The van der Waals surface area contributed by atoms with Gasteiger partial charge in [-0.1, -0.05) is 34.1 Å². The number of hydrogen-bond acceptors (Lipinski definition) is 2. The molecule has 0 unspecified atom stereocenters.